The normalized spacial score (nSPS) is 14.4. The molecular formula is C22H23N7S. The standard InChI is InChI=1S/C22H23N7S/c1-26-21-16(12-24)10-17(13-27-21)20-19(15-4-2-14(11-23)3-5-15)28-22(30-20)29-8-6-18(25)7-9-29/h2-5,10,12-13,18,24H,6-9,25H2,1H3,(H,26,27). The number of rotatable bonds is 5. The Labute approximate surface area is 179 Å². The third-order valence-corrected chi connectivity index (χ3v) is 6.45. The van der Waals surface area contributed by atoms with Gasteiger partial charge >= 0.3 is 0 Å². The van der Waals surface area contributed by atoms with E-state index >= 15 is 0 Å². The Hall–Kier alpha value is -3.28. The molecule has 7 nitrogen and oxygen atoms in total. The van der Waals surface area contributed by atoms with Crippen molar-refractivity contribution < 1.29 is 0 Å². The SMILES string of the molecule is CNc1ncc(-c2sc(N3CCC(N)CC3)nc2-c2ccc(C#N)cc2)cc1C=N. The van der Waals surface area contributed by atoms with Crippen LogP contribution < -0.4 is 16.0 Å². The fourth-order valence-corrected chi connectivity index (χ4v) is 4.67. The molecule has 152 valence electrons. The van der Waals surface area contributed by atoms with Crippen LogP contribution in [-0.2, 0) is 0 Å². The Morgan fingerprint density at radius 3 is 2.63 bits per heavy atom. The van der Waals surface area contributed by atoms with Gasteiger partial charge in [0.15, 0.2) is 5.13 Å². The average molecular weight is 418 g/mol. The van der Waals surface area contributed by atoms with Gasteiger partial charge in [-0.3, -0.25) is 0 Å². The first kappa shape index (κ1) is 20.0. The molecule has 3 aromatic rings. The van der Waals surface area contributed by atoms with Gasteiger partial charge in [-0.25, -0.2) is 9.97 Å². The molecule has 3 heterocycles. The van der Waals surface area contributed by atoms with Crippen LogP contribution in [0.25, 0.3) is 21.7 Å². The van der Waals surface area contributed by atoms with Crippen LogP contribution in [0.15, 0.2) is 36.5 Å². The quantitative estimate of drug-likeness (QED) is 0.545. The molecule has 30 heavy (non-hydrogen) atoms. The lowest BCUT2D eigenvalue weighted by atomic mass is 10.1. The van der Waals surface area contributed by atoms with Crippen molar-refractivity contribution in [2.75, 3.05) is 30.4 Å². The Bertz CT molecular complexity index is 1090. The van der Waals surface area contributed by atoms with E-state index in [0.29, 0.717) is 11.4 Å². The second-order valence-corrected chi connectivity index (χ2v) is 8.22. The number of benzene rings is 1. The maximum absolute atomic E-state index is 9.12. The van der Waals surface area contributed by atoms with Gasteiger partial charge in [-0.15, -0.1) is 0 Å². The first-order chi connectivity index (χ1) is 14.6. The number of hydrogen-bond acceptors (Lipinski definition) is 8. The summed E-state index contributed by atoms with van der Waals surface area (Å²) >= 11 is 1.63. The molecule has 2 aromatic heterocycles. The minimum atomic E-state index is 0.257. The molecule has 1 aliphatic rings. The number of thiazole rings is 1. The molecule has 1 aromatic carbocycles. The maximum atomic E-state index is 9.12. The molecule has 0 saturated carbocycles. The minimum Gasteiger partial charge on any atom is -0.373 e. The summed E-state index contributed by atoms with van der Waals surface area (Å²) in [6, 6.07) is 11.9. The van der Waals surface area contributed by atoms with Gasteiger partial charge in [0.2, 0.25) is 0 Å². The number of nitriles is 1. The van der Waals surface area contributed by atoms with Gasteiger partial charge in [-0.1, -0.05) is 23.5 Å². The van der Waals surface area contributed by atoms with Gasteiger partial charge in [0.05, 0.1) is 22.2 Å². The number of nitrogens with one attached hydrogen (secondary N) is 2. The van der Waals surface area contributed by atoms with Gasteiger partial charge in [0, 0.05) is 55.3 Å². The number of pyridine rings is 1. The van der Waals surface area contributed by atoms with Crippen LogP contribution in [0.4, 0.5) is 10.9 Å². The van der Waals surface area contributed by atoms with E-state index < -0.39 is 0 Å². The fourth-order valence-electron chi connectivity index (χ4n) is 3.55. The van der Waals surface area contributed by atoms with Crippen LogP contribution in [0.3, 0.4) is 0 Å². The molecule has 1 saturated heterocycles. The zero-order valence-corrected chi connectivity index (χ0v) is 17.5. The van der Waals surface area contributed by atoms with E-state index in [0.717, 1.165) is 58.3 Å². The Kier molecular flexibility index (Phi) is 5.74. The Balaban J connectivity index is 1.81. The summed E-state index contributed by atoms with van der Waals surface area (Å²) in [5.41, 5.74) is 10.2. The van der Waals surface area contributed by atoms with E-state index in [4.69, 9.17) is 21.4 Å². The van der Waals surface area contributed by atoms with E-state index in [-0.39, 0.29) is 6.04 Å². The summed E-state index contributed by atoms with van der Waals surface area (Å²) in [5.74, 6) is 0.670. The van der Waals surface area contributed by atoms with Crippen molar-refractivity contribution in [3.05, 3.63) is 47.7 Å². The molecule has 0 bridgehead atoms. The third-order valence-electron chi connectivity index (χ3n) is 5.29. The van der Waals surface area contributed by atoms with Crippen LogP contribution >= 0.6 is 11.3 Å². The van der Waals surface area contributed by atoms with Gasteiger partial charge < -0.3 is 21.4 Å². The summed E-state index contributed by atoms with van der Waals surface area (Å²) in [5, 5.41) is 20.8. The van der Waals surface area contributed by atoms with Crippen molar-refractivity contribution in [1.82, 2.24) is 9.97 Å². The number of nitrogens with zero attached hydrogens (tertiary/aromatic N) is 4. The number of anilines is 2. The van der Waals surface area contributed by atoms with Crippen molar-refractivity contribution in [2.24, 2.45) is 5.73 Å². The lowest BCUT2D eigenvalue weighted by molar-refractivity contribution is 0.501. The zero-order valence-electron chi connectivity index (χ0n) is 16.7. The predicted octanol–water partition coefficient (Wildman–Crippen LogP) is 3.71. The highest BCUT2D eigenvalue weighted by Gasteiger charge is 2.23. The molecule has 8 heteroatoms. The van der Waals surface area contributed by atoms with Gasteiger partial charge in [0.25, 0.3) is 0 Å². The molecule has 1 fully saturated rings. The zero-order chi connectivity index (χ0) is 21.1. The average Bonchev–Trinajstić information content (AvgIpc) is 3.24. The van der Waals surface area contributed by atoms with Crippen LogP contribution in [0.5, 0.6) is 0 Å². The van der Waals surface area contributed by atoms with Gasteiger partial charge in [-0.05, 0) is 31.0 Å². The summed E-state index contributed by atoms with van der Waals surface area (Å²) < 4.78 is 0. The molecule has 4 rings (SSSR count). The Morgan fingerprint density at radius 1 is 1.27 bits per heavy atom. The second kappa shape index (κ2) is 8.61. The fraction of sp³-hybridized carbons (Fsp3) is 0.273. The van der Waals surface area contributed by atoms with E-state index in [1.807, 2.05) is 36.5 Å². The van der Waals surface area contributed by atoms with Gasteiger partial charge in [0.1, 0.15) is 5.82 Å². The van der Waals surface area contributed by atoms with E-state index in [1.165, 1.54) is 6.21 Å². The van der Waals surface area contributed by atoms with Crippen molar-refractivity contribution in [3.63, 3.8) is 0 Å². The van der Waals surface area contributed by atoms with Crippen molar-refractivity contribution in [1.29, 1.82) is 10.7 Å². The van der Waals surface area contributed by atoms with E-state index in [1.54, 1.807) is 18.4 Å². The largest absolute Gasteiger partial charge is 0.373 e. The van der Waals surface area contributed by atoms with Gasteiger partial charge in [-0.2, -0.15) is 5.26 Å². The molecule has 0 spiro atoms. The summed E-state index contributed by atoms with van der Waals surface area (Å²) in [6.07, 6.45) is 5.03. The first-order valence-corrected chi connectivity index (χ1v) is 10.6. The first-order valence-electron chi connectivity index (χ1n) is 9.83. The molecule has 0 unspecified atom stereocenters. The number of hydrogen-bond donors (Lipinski definition) is 3. The number of aromatic nitrogens is 2. The van der Waals surface area contributed by atoms with Crippen LogP contribution in [-0.4, -0.2) is 42.4 Å². The molecule has 0 aliphatic carbocycles. The summed E-state index contributed by atoms with van der Waals surface area (Å²) in [6.45, 7) is 1.78. The molecule has 1 aliphatic heterocycles. The van der Waals surface area contributed by atoms with E-state index in [9.17, 15) is 0 Å². The molecule has 0 atom stereocenters. The molecular weight excluding hydrogens is 394 g/mol. The van der Waals surface area contributed by atoms with Crippen molar-refractivity contribution >= 4 is 28.5 Å². The van der Waals surface area contributed by atoms with E-state index in [2.05, 4.69) is 21.3 Å². The second-order valence-electron chi connectivity index (χ2n) is 7.24. The highest BCUT2D eigenvalue weighted by molar-refractivity contribution is 7.19. The minimum absolute atomic E-state index is 0.257. The third kappa shape index (κ3) is 3.90. The molecule has 0 radical (unpaired) electrons. The van der Waals surface area contributed by atoms with Crippen LogP contribution in [0, 0.1) is 16.7 Å². The van der Waals surface area contributed by atoms with Crippen molar-refractivity contribution in [3.8, 4) is 27.8 Å². The predicted molar refractivity (Wildman–Crippen MR) is 122 cm³/mol. The number of piperidine rings is 1. The highest BCUT2D eigenvalue weighted by Crippen LogP contribution is 2.41. The van der Waals surface area contributed by atoms with Crippen molar-refractivity contribution in [2.45, 2.75) is 18.9 Å². The smallest absolute Gasteiger partial charge is 0.186 e. The van der Waals surface area contributed by atoms with Crippen LogP contribution in [0.2, 0.25) is 0 Å². The lowest BCUT2D eigenvalue weighted by Crippen LogP contribution is -2.39. The molecule has 4 N–H and O–H groups in total. The summed E-state index contributed by atoms with van der Waals surface area (Å²) in [4.78, 5) is 12.8. The monoisotopic (exact) mass is 417 g/mol. The topological polar surface area (TPSA) is 115 Å². The maximum Gasteiger partial charge on any atom is 0.186 e. The van der Waals surface area contributed by atoms with Crippen LogP contribution in [0.1, 0.15) is 24.0 Å². The summed E-state index contributed by atoms with van der Waals surface area (Å²) in [7, 11) is 1.79. The molecule has 0 amide bonds. The lowest BCUT2D eigenvalue weighted by Gasteiger charge is -2.29. The highest BCUT2D eigenvalue weighted by atomic mass is 32.1. The number of nitrogens with two attached hydrogens (primary N) is 1. The Morgan fingerprint density at radius 2 is 2.00 bits per heavy atom.